The van der Waals surface area contributed by atoms with Gasteiger partial charge in [-0.2, -0.15) is 0 Å². The number of rotatable bonds is 5. The quantitative estimate of drug-likeness (QED) is 0.645. The molecule has 31 heavy (non-hydrogen) atoms. The minimum absolute atomic E-state index is 0.00681. The van der Waals surface area contributed by atoms with Crippen molar-refractivity contribution in [2.45, 2.75) is 44.6 Å². The first-order valence-corrected chi connectivity index (χ1v) is 10.9. The molecule has 1 fully saturated rings. The van der Waals surface area contributed by atoms with Crippen molar-refractivity contribution in [2.24, 2.45) is 4.99 Å². The summed E-state index contributed by atoms with van der Waals surface area (Å²) in [6.07, 6.45) is 10.2. The molecule has 2 aliphatic rings. The molecule has 1 amide bonds. The Kier molecular flexibility index (Phi) is 5.28. The molecule has 0 unspecified atom stereocenters. The van der Waals surface area contributed by atoms with Crippen LogP contribution in [0, 0.1) is 5.82 Å². The van der Waals surface area contributed by atoms with E-state index < -0.39 is 11.7 Å². The van der Waals surface area contributed by atoms with Gasteiger partial charge in [0.05, 0.1) is 35.2 Å². The number of imidazole rings is 1. The predicted molar refractivity (Wildman–Crippen MR) is 119 cm³/mol. The van der Waals surface area contributed by atoms with Gasteiger partial charge in [-0.15, -0.1) is 0 Å². The Labute approximate surface area is 179 Å². The maximum Gasteiger partial charge on any atom is 0.254 e. The molecule has 0 saturated heterocycles. The highest BCUT2D eigenvalue weighted by molar-refractivity contribution is 6.02. The van der Waals surface area contributed by atoms with E-state index in [1.165, 1.54) is 38.2 Å². The second-order valence-corrected chi connectivity index (χ2v) is 8.25. The highest BCUT2D eigenvalue weighted by Gasteiger charge is 2.26. The van der Waals surface area contributed by atoms with E-state index >= 15 is 4.39 Å². The number of fused-ring (bicyclic) bond motifs is 2. The molecule has 1 saturated carbocycles. The van der Waals surface area contributed by atoms with Gasteiger partial charge in [0.15, 0.2) is 0 Å². The van der Waals surface area contributed by atoms with E-state index in [9.17, 15) is 4.79 Å². The third-order valence-electron chi connectivity index (χ3n) is 6.35. The average Bonchev–Trinajstić information content (AvgIpc) is 3.44. The van der Waals surface area contributed by atoms with Crippen LogP contribution in [0.5, 0.6) is 0 Å². The summed E-state index contributed by atoms with van der Waals surface area (Å²) >= 11 is 0. The van der Waals surface area contributed by atoms with Crippen LogP contribution in [0.3, 0.4) is 0 Å². The highest BCUT2D eigenvalue weighted by Crippen LogP contribution is 2.40. The zero-order chi connectivity index (χ0) is 21.4. The second kappa shape index (κ2) is 8.23. The van der Waals surface area contributed by atoms with Crippen LogP contribution in [0.25, 0.3) is 22.2 Å². The third-order valence-corrected chi connectivity index (χ3v) is 6.35. The molecule has 1 aliphatic heterocycles. The van der Waals surface area contributed by atoms with Crippen LogP contribution in [0.15, 0.2) is 35.6 Å². The minimum atomic E-state index is -0.581. The van der Waals surface area contributed by atoms with Gasteiger partial charge in [-0.1, -0.05) is 25.3 Å². The number of nitrogens with zero attached hydrogens (tertiary/aromatic N) is 3. The molecule has 1 aliphatic carbocycles. The maximum absolute atomic E-state index is 15.0. The molecular weight excluding hydrogens is 395 g/mol. The molecule has 0 bridgehead atoms. The van der Waals surface area contributed by atoms with Gasteiger partial charge in [-0.05, 0) is 42.2 Å². The first kappa shape index (κ1) is 19.9. The number of nitrogens with one attached hydrogen (secondary N) is 1. The van der Waals surface area contributed by atoms with Gasteiger partial charge >= 0.3 is 0 Å². The van der Waals surface area contributed by atoms with Crippen molar-refractivity contribution in [1.82, 2.24) is 14.9 Å². The van der Waals surface area contributed by atoms with Crippen molar-refractivity contribution >= 4 is 28.8 Å². The first-order valence-electron chi connectivity index (χ1n) is 10.9. The number of hydrogen-bond acceptors (Lipinski definition) is 4. The van der Waals surface area contributed by atoms with Gasteiger partial charge in [0, 0.05) is 30.8 Å². The predicted octanol–water partition coefficient (Wildman–Crippen LogP) is 4.33. The van der Waals surface area contributed by atoms with Gasteiger partial charge in [0.25, 0.3) is 5.91 Å². The number of amides is 1. The monoisotopic (exact) mass is 420 g/mol. The highest BCUT2D eigenvalue weighted by atomic mass is 19.1. The van der Waals surface area contributed by atoms with E-state index in [2.05, 4.69) is 25.9 Å². The van der Waals surface area contributed by atoms with Crippen molar-refractivity contribution in [3.05, 3.63) is 47.5 Å². The summed E-state index contributed by atoms with van der Waals surface area (Å²) in [5.74, 6) is -1.11. The van der Waals surface area contributed by atoms with Gasteiger partial charge in [-0.3, -0.25) is 9.79 Å². The van der Waals surface area contributed by atoms with E-state index in [0.717, 1.165) is 16.6 Å². The third kappa shape index (κ3) is 3.53. The molecule has 6 nitrogen and oxygen atoms in total. The van der Waals surface area contributed by atoms with Crippen molar-refractivity contribution in [3.63, 3.8) is 0 Å². The zero-order valence-electron chi connectivity index (χ0n) is 17.3. The minimum Gasteiger partial charge on any atom is -0.395 e. The van der Waals surface area contributed by atoms with Crippen LogP contribution < -0.4 is 5.32 Å². The van der Waals surface area contributed by atoms with Crippen LogP contribution in [0.2, 0.25) is 0 Å². The van der Waals surface area contributed by atoms with Crippen LogP contribution in [-0.2, 0) is 6.42 Å². The SMILES string of the molecule is O=C(NCCO)c1c(F)cc(-c2ccc3c(c2)ncn3C2CCCCC2)c2c1CC=N2. The van der Waals surface area contributed by atoms with Crippen LogP contribution >= 0.6 is 0 Å². The Balaban J connectivity index is 1.54. The molecule has 7 heteroatoms. The summed E-state index contributed by atoms with van der Waals surface area (Å²) in [5, 5.41) is 11.5. The number of aliphatic imine (C=N–C) groups is 1. The van der Waals surface area contributed by atoms with Gasteiger partial charge in [0.2, 0.25) is 0 Å². The zero-order valence-corrected chi connectivity index (χ0v) is 17.3. The molecule has 2 heterocycles. The van der Waals surface area contributed by atoms with Gasteiger partial charge in [-0.25, -0.2) is 9.37 Å². The maximum atomic E-state index is 15.0. The van der Waals surface area contributed by atoms with E-state index in [4.69, 9.17) is 5.11 Å². The molecule has 3 aromatic rings. The molecule has 2 N–H and O–H groups in total. The largest absolute Gasteiger partial charge is 0.395 e. The van der Waals surface area contributed by atoms with Crippen LogP contribution in [-0.4, -0.2) is 39.9 Å². The van der Waals surface area contributed by atoms with Gasteiger partial charge in [0.1, 0.15) is 5.82 Å². The Morgan fingerprint density at radius 1 is 1.23 bits per heavy atom. The number of halogens is 1. The number of aliphatic hydroxyl groups is 1. The average molecular weight is 420 g/mol. The van der Waals surface area contributed by atoms with Crippen molar-refractivity contribution in [3.8, 4) is 11.1 Å². The van der Waals surface area contributed by atoms with Crippen molar-refractivity contribution < 1.29 is 14.3 Å². The van der Waals surface area contributed by atoms with E-state index in [1.54, 1.807) is 6.21 Å². The molecule has 0 spiro atoms. The van der Waals surface area contributed by atoms with Crippen LogP contribution in [0.1, 0.15) is 54.1 Å². The number of hydrogen-bond donors (Lipinski definition) is 2. The summed E-state index contributed by atoms with van der Waals surface area (Å²) in [4.78, 5) is 21.5. The lowest BCUT2D eigenvalue weighted by Crippen LogP contribution is -2.28. The van der Waals surface area contributed by atoms with E-state index in [-0.39, 0.29) is 18.7 Å². The molecule has 5 rings (SSSR count). The summed E-state index contributed by atoms with van der Waals surface area (Å²) < 4.78 is 17.3. The lowest BCUT2D eigenvalue weighted by molar-refractivity contribution is 0.0940. The second-order valence-electron chi connectivity index (χ2n) is 8.25. The Morgan fingerprint density at radius 3 is 2.87 bits per heavy atom. The number of carbonyl (C=O) groups excluding carboxylic acids is 1. The standard InChI is InChI=1S/C24H25FN4O2/c25-19-13-18(23-17(8-9-26-23)22(19)24(31)27-10-11-30)15-6-7-21-20(12-15)28-14-29(21)16-4-2-1-3-5-16/h6-7,9,12-14,16,30H,1-5,8,10-11H2,(H,27,31). The fourth-order valence-electron chi connectivity index (χ4n) is 4.84. The molecule has 0 atom stereocenters. The summed E-state index contributed by atoms with van der Waals surface area (Å²) in [7, 11) is 0. The first-order chi connectivity index (χ1) is 15.2. The number of carbonyl (C=O) groups is 1. The fraction of sp³-hybridized carbons (Fsp3) is 0.375. The lowest BCUT2D eigenvalue weighted by Gasteiger charge is -2.23. The molecule has 160 valence electrons. The number of benzene rings is 2. The summed E-state index contributed by atoms with van der Waals surface area (Å²) in [5.41, 5.74) is 4.68. The number of aromatic nitrogens is 2. The van der Waals surface area contributed by atoms with E-state index in [1.807, 2.05) is 18.5 Å². The van der Waals surface area contributed by atoms with Crippen molar-refractivity contribution in [1.29, 1.82) is 0 Å². The normalized spacial score (nSPS) is 16.1. The molecule has 0 radical (unpaired) electrons. The Hall–Kier alpha value is -3.06. The molecule has 1 aromatic heterocycles. The van der Waals surface area contributed by atoms with Crippen LogP contribution in [0.4, 0.5) is 10.1 Å². The van der Waals surface area contributed by atoms with Gasteiger partial charge < -0.3 is 15.0 Å². The molecular formula is C24H25FN4O2. The lowest BCUT2D eigenvalue weighted by atomic mass is 9.94. The fourth-order valence-corrected chi connectivity index (χ4v) is 4.84. The Bertz CT molecular complexity index is 1180. The van der Waals surface area contributed by atoms with E-state index in [0.29, 0.717) is 29.3 Å². The van der Waals surface area contributed by atoms with Crippen molar-refractivity contribution in [2.75, 3.05) is 13.2 Å². The molecule has 2 aromatic carbocycles. The Morgan fingerprint density at radius 2 is 2.06 bits per heavy atom. The smallest absolute Gasteiger partial charge is 0.254 e. The topological polar surface area (TPSA) is 79.5 Å². The number of aliphatic hydroxyl groups excluding tert-OH is 1. The summed E-state index contributed by atoms with van der Waals surface area (Å²) in [6.45, 7) is -0.117. The summed E-state index contributed by atoms with van der Waals surface area (Å²) in [6, 6.07) is 7.89.